The maximum atomic E-state index is 12.6. The van der Waals surface area contributed by atoms with Gasteiger partial charge in [-0.2, -0.15) is 0 Å². The molecule has 0 fully saturated rings. The molecular weight excluding hydrogens is 362 g/mol. The van der Waals surface area contributed by atoms with Crippen LogP contribution >= 0.6 is 0 Å². The summed E-state index contributed by atoms with van der Waals surface area (Å²) in [6, 6.07) is 14.8. The van der Waals surface area contributed by atoms with E-state index in [4.69, 9.17) is 0 Å². The highest BCUT2D eigenvalue weighted by Crippen LogP contribution is 2.22. The molecule has 0 saturated heterocycles. The molecule has 0 radical (unpaired) electrons. The van der Waals surface area contributed by atoms with Gasteiger partial charge in [-0.1, -0.05) is 17.7 Å². The predicted octanol–water partition coefficient (Wildman–Crippen LogP) is 3.75. The van der Waals surface area contributed by atoms with Crippen LogP contribution in [0.25, 0.3) is 0 Å². The maximum absolute atomic E-state index is 12.6. The third kappa shape index (κ3) is 4.51. The fourth-order valence-electron chi connectivity index (χ4n) is 2.55. The highest BCUT2D eigenvalue weighted by molar-refractivity contribution is 7.92. The van der Waals surface area contributed by atoms with Gasteiger partial charge >= 0.3 is 0 Å². The van der Waals surface area contributed by atoms with Gasteiger partial charge in [0.05, 0.1) is 16.1 Å². The zero-order valence-electron chi connectivity index (χ0n) is 14.9. The van der Waals surface area contributed by atoms with E-state index in [0.29, 0.717) is 16.9 Å². The summed E-state index contributed by atoms with van der Waals surface area (Å²) in [5, 5.41) is 2.71. The molecule has 2 N–H and O–H groups in total. The summed E-state index contributed by atoms with van der Waals surface area (Å²) in [6.45, 7) is 3.80. The van der Waals surface area contributed by atoms with Gasteiger partial charge in [0.1, 0.15) is 0 Å². The minimum Gasteiger partial charge on any atom is -0.322 e. The lowest BCUT2D eigenvalue weighted by molar-refractivity contribution is 0.102. The van der Waals surface area contributed by atoms with E-state index in [1.54, 1.807) is 36.5 Å². The summed E-state index contributed by atoms with van der Waals surface area (Å²) in [5.41, 5.74) is 3.36. The maximum Gasteiger partial charge on any atom is 0.261 e. The van der Waals surface area contributed by atoms with Gasteiger partial charge in [0.2, 0.25) is 0 Å². The van der Waals surface area contributed by atoms with Crippen molar-refractivity contribution in [2.45, 2.75) is 18.7 Å². The van der Waals surface area contributed by atoms with Crippen molar-refractivity contribution in [1.82, 2.24) is 4.98 Å². The molecule has 0 atom stereocenters. The van der Waals surface area contributed by atoms with Crippen LogP contribution in [0.15, 0.2) is 71.9 Å². The van der Waals surface area contributed by atoms with Crippen LogP contribution < -0.4 is 10.0 Å². The number of carbonyl (C=O) groups is 1. The van der Waals surface area contributed by atoms with Gasteiger partial charge in [-0.3, -0.25) is 14.5 Å². The van der Waals surface area contributed by atoms with Gasteiger partial charge < -0.3 is 5.32 Å². The number of nitrogens with zero attached hydrogens (tertiary/aromatic N) is 1. The van der Waals surface area contributed by atoms with Crippen molar-refractivity contribution in [3.63, 3.8) is 0 Å². The van der Waals surface area contributed by atoms with Crippen LogP contribution in [0.4, 0.5) is 11.4 Å². The van der Waals surface area contributed by atoms with E-state index in [2.05, 4.69) is 15.0 Å². The second-order valence-corrected chi connectivity index (χ2v) is 7.83. The number of benzene rings is 2. The fraction of sp³-hybridized carbons (Fsp3) is 0.100. The van der Waals surface area contributed by atoms with Crippen molar-refractivity contribution >= 4 is 27.3 Å². The first-order valence-electron chi connectivity index (χ1n) is 8.27. The lowest BCUT2D eigenvalue weighted by Gasteiger charge is -2.12. The molecule has 6 nitrogen and oxygen atoms in total. The Balaban J connectivity index is 1.75. The van der Waals surface area contributed by atoms with Gasteiger partial charge in [0.15, 0.2) is 0 Å². The lowest BCUT2D eigenvalue weighted by atomic mass is 10.1. The standard InChI is InChI=1S/C20H19N3O3S/c1-14-5-10-19(15(2)12-14)23-27(25,26)18-8-6-17(7-9-18)22-20(24)16-4-3-11-21-13-16/h3-13,23H,1-2H3,(H,22,24). The number of amides is 1. The molecule has 138 valence electrons. The predicted molar refractivity (Wildman–Crippen MR) is 105 cm³/mol. The number of rotatable bonds is 5. The van der Waals surface area contributed by atoms with Gasteiger partial charge in [-0.25, -0.2) is 8.42 Å². The Hall–Kier alpha value is -3.19. The number of pyridine rings is 1. The average Bonchev–Trinajstić information content (AvgIpc) is 2.65. The monoisotopic (exact) mass is 381 g/mol. The molecule has 2 aromatic carbocycles. The zero-order valence-corrected chi connectivity index (χ0v) is 15.7. The van der Waals surface area contributed by atoms with Gasteiger partial charge in [0.25, 0.3) is 15.9 Å². The topological polar surface area (TPSA) is 88.2 Å². The first-order valence-corrected chi connectivity index (χ1v) is 9.75. The van der Waals surface area contributed by atoms with Gasteiger partial charge in [0, 0.05) is 18.1 Å². The first-order chi connectivity index (χ1) is 12.8. The largest absolute Gasteiger partial charge is 0.322 e. The molecule has 0 bridgehead atoms. The van der Waals surface area contributed by atoms with E-state index < -0.39 is 10.0 Å². The zero-order chi connectivity index (χ0) is 19.4. The van der Waals surface area contributed by atoms with Crippen molar-refractivity contribution < 1.29 is 13.2 Å². The molecular formula is C20H19N3O3S. The fourth-order valence-corrected chi connectivity index (χ4v) is 3.68. The normalized spacial score (nSPS) is 11.0. The minimum atomic E-state index is -3.72. The Morgan fingerprint density at radius 2 is 1.74 bits per heavy atom. The van der Waals surface area contributed by atoms with Crippen LogP contribution in [0.5, 0.6) is 0 Å². The summed E-state index contributed by atoms with van der Waals surface area (Å²) >= 11 is 0. The molecule has 0 aliphatic rings. The molecule has 0 saturated carbocycles. The number of carbonyl (C=O) groups excluding carboxylic acids is 1. The number of aryl methyl sites for hydroxylation is 2. The van der Waals surface area contributed by atoms with E-state index in [9.17, 15) is 13.2 Å². The third-order valence-corrected chi connectivity index (χ3v) is 5.35. The number of nitrogens with one attached hydrogen (secondary N) is 2. The van der Waals surface area contributed by atoms with Gasteiger partial charge in [-0.05, 0) is 61.9 Å². The van der Waals surface area contributed by atoms with Gasteiger partial charge in [-0.15, -0.1) is 0 Å². The van der Waals surface area contributed by atoms with Crippen molar-refractivity contribution in [2.24, 2.45) is 0 Å². The number of hydrogen-bond acceptors (Lipinski definition) is 4. The van der Waals surface area contributed by atoms with Crippen molar-refractivity contribution in [2.75, 3.05) is 10.0 Å². The Morgan fingerprint density at radius 1 is 1.00 bits per heavy atom. The molecule has 0 aliphatic carbocycles. The number of hydrogen-bond donors (Lipinski definition) is 2. The average molecular weight is 381 g/mol. The van der Waals surface area contributed by atoms with Crippen LogP contribution in [0, 0.1) is 13.8 Å². The minimum absolute atomic E-state index is 0.113. The second-order valence-electron chi connectivity index (χ2n) is 6.14. The Morgan fingerprint density at radius 3 is 2.37 bits per heavy atom. The van der Waals surface area contributed by atoms with Crippen molar-refractivity contribution in [3.05, 3.63) is 83.7 Å². The van der Waals surface area contributed by atoms with Crippen LogP contribution in [-0.2, 0) is 10.0 Å². The highest BCUT2D eigenvalue weighted by atomic mass is 32.2. The molecule has 1 heterocycles. The van der Waals surface area contributed by atoms with Crippen molar-refractivity contribution in [3.8, 4) is 0 Å². The molecule has 3 rings (SSSR count). The summed E-state index contributed by atoms with van der Waals surface area (Å²) in [4.78, 5) is 16.1. The molecule has 3 aromatic rings. The quantitative estimate of drug-likeness (QED) is 0.704. The van der Waals surface area contributed by atoms with Crippen LogP contribution in [-0.4, -0.2) is 19.3 Å². The van der Waals surface area contributed by atoms with Crippen LogP contribution in [0.3, 0.4) is 0 Å². The van der Waals surface area contributed by atoms with Crippen LogP contribution in [0.2, 0.25) is 0 Å². The third-order valence-electron chi connectivity index (χ3n) is 3.97. The second kappa shape index (κ2) is 7.59. The molecule has 27 heavy (non-hydrogen) atoms. The Labute approximate surface area is 158 Å². The molecule has 0 spiro atoms. The summed E-state index contributed by atoms with van der Waals surface area (Å²) in [5.74, 6) is -0.313. The molecule has 1 amide bonds. The lowest BCUT2D eigenvalue weighted by Crippen LogP contribution is -2.15. The summed E-state index contributed by atoms with van der Waals surface area (Å²) in [6.07, 6.45) is 3.04. The number of sulfonamides is 1. The molecule has 7 heteroatoms. The van der Waals surface area contributed by atoms with E-state index in [1.807, 2.05) is 26.0 Å². The number of aromatic nitrogens is 1. The summed E-state index contributed by atoms with van der Waals surface area (Å²) < 4.78 is 27.8. The summed E-state index contributed by atoms with van der Waals surface area (Å²) in [7, 11) is -3.72. The van der Waals surface area contributed by atoms with Crippen molar-refractivity contribution in [1.29, 1.82) is 0 Å². The van der Waals surface area contributed by atoms with E-state index in [1.165, 1.54) is 18.3 Å². The SMILES string of the molecule is Cc1ccc(NS(=O)(=O)c2ccc(NC(=O)c3cccnc3)cc2)c(C)c1. The smallest absolute Gasteiger partial charge is 0.261 e. The Kier molecular flexibility index (Phi) is 5.23. The van der Waals surface area contributed by atoms with E-state index in [-0.39, 0.29) is 10.8 Å². The number of anilines is 2. The Bertz CT molecular complexity index is 1060. The molecule has 0 unspecified atom stereocenters. The molecule has 0 aliphatic heterocycles. The van der Waals surface area contributed by atoms with Crippen LogP contribution in [0.1, 0.15) is 21.5 Å². The first kappa shape index (κ1) is 18.6. The van der Waals surface area contributed by atoms with E-state index >= 15 is 0 Å². The highest BCUT2D eigenvalue weighted by Gasteiger charge is 2.15. The molecule has 1 aromatic heterocycles. The van der Waals surface area contributed by atoms with E-state index in [0.717, 1.165) is 11.1 Å².